The zero-order chi connectivity index (χ0) is 9.14. The van der Waals surface area contributed by atoms with Crippen LogP contribution in [-0.2, 0) is 6.54 Å². The highest BCUT2D eigenvalue weighted by Crippen LogP contribution is 2.18. The fourth-order valence-electron chi connectivity index (χ4n) is 0.905. The van der Waals surface area contributed by atoms with E-state index >= 15 is 0 Å². The topological polar surface area (TPSA) is 26.9 Å². The van der Waals surface area contributed by atoms with Gasteiger partial charge < -0.3 is 0 Å². The van der Waals surface area contributed by atoms with Crippen molar-refractivity contribution in [1.29, 1.82) is 5.53 Å². The van der Waals surface area contributed by atoms with E-state index in [1.807, 2.05) is 0 Å². The molecule has 1 aromatic rings. The highest BCUT2D eigenvalue weighted by Gasteiger charge is 2.05. The zero-order valence-electron chi connectivity index (χ0n) is 6.64. The highest BCUT2D eigenvalue weighted by molar-refractivity contribution is 9.10. The smallest absolute Gasteiger partial charge is 0.194 e. The van der Waals surface area contributed by atoms with Gasteiger partial charge in [0.2, 0.25) is 0 Å². The Morgan fingerprint density at radius 2 is 2.25 bits per heavy atom. The van der Waals surface area contributed by atoms with Crippen LogP contribution in [0.3, 0.4) is 0 Å². The first-order valence-corrected chi connectivity index (χ1v) is 4.25. The van der Waals surface area contributed by atoms with Crippen molar-refractivity contribution in [2.24, 2.45) is 0 Å². The molecule has 0 saturated carbocycles. The Morgan fingerprint density at radius 3 is 2.75 bits per heavy atom. The number of nitrogens with zero attached hydrogens (tertiary/aromatic N) is 1. The van der Waals surface area contributed by atoms with Crippen LogP contribution in [-0.4, -0.2) is 11.7 Å². The molecule has 0 aliphatic rings. The molecule has 0 amide bonds. The average molecular weight is 232 g/mol. The maximum absolute atomic E-state index is 12.6. The Hall–Kier alpha value is -0.770. The summed E-state index contributed by atoms with van der Waals surface area (Å²) >= 11 is 3.23. The number of hydrogen-bond donors (Lipinski definition) is 1. The minimum atomic E-state index is -0.266. The van der Waals surface area contributed by atoms with Crippen LogP contribution in [0.5, 0.6) is 0 Å². The first kappa shape index (κ1) is 9.32. The van der Waals surface area contributed by atoms with E-state index in [1.54, 1.807) is 13.1 Å². The van der Waals surface area contributed by atoms with Crippen molar-refractivity contribution in [3.8, 4) is 0 Å². The molecule has 0 aromatic heterocycles. The van der Waals surface area contributed by atoms with Crippen LogP contribution in [0.15, 0.2) is 22.7 Å². The monoisotopic (exact) mass is 231 g/mol. The third-order valence-electron chi connectivity index (χ3n) is 1.42. The van der Waals surface area contributed by atoms with Crippen molar-refractivity contribution >= 4 is 15.9 Å². The Labute approximate surface area is 78.6 Å². The Morgan fingerprint density at radius 1 is 1.58 bits per heavy atom. The fourth-order valence-corrected chi connectivity index (χ4v) is 1.38. The zero-order valence-corrected chi connectivity index (χ0v) is 8.23. The molecular weight excluding hydrogens is 223 g/mol. The van der Waals surface area contributed by atoms with Crippen LogP contribution >= 0.6 is 15.9 Å². The molecule has 0 aliphatic carbocycles. The van der Waals surface area contributed by atoms with Crippen LogP contribution in [0.1, 0.15) is 5.56 Å². The lowest BCUT2D eigenvalue weighted by Crippen LogP contribution is -2.00. The summed E-state index contributed by atoms with van der Waals surface area (Å²) in [5.74, 6) is -0.266. The van der Waals surface area contributed by atoms with Crippen molar-refractivity contribution in [1.82, 2.24) is 0 Å². The number of halogens is 2. The number of hydrogen-bond acceptors (Lipinski definition) is 1. The lowest BCUT2D eigenvalue weighted by atomic mass is 10.2. The van der Waals surface area contributed by atoms with E-state index in [4.69, 9.17) is 5.53 Å². The van der Waals surface area contributed by atoms with Gasteiger partial charge >= 0.3 is 0 Å². The van der Waals surface area contributed by atoms with Gasteiger partial charge in [0, 0.05) is 10.0 Å². The van der Waals surface area contributed by atoms with Crippen LogP contribution in [0.2, 0.25) is 0 Å². The maximum Gasteiger partial charge on any atom is 0.194 e. The third kappa shape index (κ3) is 2.37. The second-order valence-corrected chi connectivity index (χ2v) is 3.45. The molecule has 4 heteroatoms. The third-order valence-corrected chi connectivity index (χ3v) is 2.16. The molecule has 1 rings (SSSR count). The van der Waals surface area contributed by atoms with E-state index in [0.717, 1.165) is 5.56 Å². The lowest BCUT2D eigenvalue weighted by molar-refractivity contribution is -0.603. The quantitative estimate of drug-likeness (QED) is 0.599. The van der Waals surface area contributed by atoms with E-state index in [9.17, 15) is 4.39 Å². The largest absolute Gasteiger partial charge is 0.207 e. The second-order valence-electron chi connectivity index (χ2n) is 2.59. The van der Waals surface area contributed by atoms with Crippen molar-refractivity contribution in [2.45, 2.75) is 6.54 Å². The summed E-state index contributed by atoms with van der Waals surface area (Å²) in [6, 6.07) is 4.47. The molecule has 12 heavy (non-hydrogen) atoms. The molecule has 1 N–H and O–H groups in total. The first-order chi connectivity index (χ1) is 5.59. The normalized spacial score (nSPS) is 9.92. The van der Waals surface area contributed by atoms with E-state index in [-0.39, 0.29) is 5.82 Å². The predicted octanol–water partition coefficient (Wildman–Crippen LogP) is 2.76. The van der Waals surface area contributed by atoms with Crippen molar-refractivity contribution in [3.05, 3.63) is 34.1 Å². The SMILES string of the molecule is C[N+](=N)Cc1ccc(F)cc1Br. The molecule has 0 saturated heterocycles. The molecular formula is C8H9BrFN2+. The van der Waals surface area contributed by atoms with Gasteiger partial charge in [-0.05, 0) is 18.2 Å². The predicted molar refractivity (Wildman–Crippen MR) is 46.7 cm³/mol. The summed E-state index contributed by atoms with van der Waals surface area (Å²) in [6.45, 7) is 0.487. The Balaban J connectivity index is 2.93. The summed E-state index contributed by atoms with van der Waals surface area (Å²) in [5.41, 5.74) is 8.10. The van der Waals surface area contributed by atoms with E-state index in [2.05, 4.69) is 15.9 Å². The molecule has 0 fully saturated rings. The second kappa shape index (κ2) is 3.76. The van der Waals surface area contributed by atoms with Crippen LogP contribution < -0.4 is 0 Å². The molecule has 2 nitrogen and oxygen atoms in total. The molecule has 0 atom stereocenters. The van der Waals surface area contributed by atoms with Crippen molar-refractivity contribution < 1.29 is 9.09 Å². The van der Waals surface area contributed by atoms with E-state index in [0.29, 0.717) is 11.0 Å². The Kier molecular flexibility index (Phi) is 2.92. The minimum Gasteiger partial charge on any atom is -0.207 e. The van der Waals surface area contributed by atoms with E-state index < -0.39 is 0 Å². The Bertz CT molecular complexity index is 312. The lowest BCUT2D eigenvalue weighted by Gasteiger charge is -1.98. The summed E-state index contributed by atoms with van der Waals surface area (Å²) in [4.78, 5) is 0. The molecule has 0 heterocycles. The van der Waals surface area contributed by atoms with Gasteiger partial charge in [0.05, 0.1) is 0 Å². The van der Waals surface area contributed by atoms with Gasteiger partial charge in [-0.15, -0.1) is 4.70 Å². The van der Waals surface area contributed by atoms with Crippen LogP contribution in [0.25, 0.3) is 0 Å². The van der Waals surface area contributed by atoms with Gasteiger partial charge in [0.1, 0.15) is 5.82 Å². The van der Waals surface area contributed by atoms with Crippen molar-refractivity contribution in [2.75, 3.05) is 7.05 Å². The maximum atomic E-state index is 12.6. The molecule has 64 valence electrons. The van der Waals surface area contributed by atoms with Crippen LogP contribution in [0.4, 0.5) is 4.39 Å². The molecule has 0 unspecified atom stereocenters. The van der Waals surface area contributed by atoms with Gasteiger partial charge in [-0.25, -0.2) is 4.39 Å². The molecule has 0 aliphatic heterocycles. The summed E-state index contributed by atoms with van der Waals surface area (Å²) in [5, 5.41) is 0. The van der Waals surface area contributed by atoms with Gasteiger partial charge in [-0.1, -0.05) is 21.5 Å². The number of nitrogens with one attached hydrogen (secondary N) is 1. The highest BCUT2D eigenvalue weighted by atomic mass is 79.9. The van der Waals surface area contributed by atoms with Gasteiger partial charge in [0.25, 0.3) is 0 Å². The van der Waals surface area contributed by atoms with Gasteiger partial charge in [-0.3, -0.25) is 0 Å². The standard InChI is InChI=1S/C8H9BrFN2/c1-12(11)5-6-2-3-7(10)4-8(6)9/h2-4,11H,5H2,1H3/q+1. The summed E-state index contributed by atoms with van der Waals surface area (Å²) < 4.78 is 14.6. The van der Waals surface area contributed by atoms with Crippen LogP contribution in [0, 0.1) is 11.3 Å². The fraction of sp³-hybridized carbons (Fsp3) is 0.250. The average Bonchev–Trinajstić information content (AvgIpc) is 1.94. The minimum absolute atomic E-state index is 0.266. The molecule has 0 bridgehead atoms. The molecule has 0 radical (unpaired) electrons. The van der Waals surface area contributed by atoms with E-state index in [1.165, 1.54) is 16.8 Å². The summed E-state index contributed by atoms with van der Waals surface area (Å²) in [7, 11) is 1.65. The number of benzene rings is 1. The van der Waals surface area contributed by atoms with Gasteiger partial charge in [-0.2, -0.15) is 0 Å². The summed E-state index contributed by atoms with van der Waals surface area (Å²) in [6.07, 6.45) is 0. The first-order valence-electron chi connectivity index (χ1n) is 3.46. The van der Waals surface area contributed by atoms with Crippen molar-refractivity contribution in [3.63, 3.8) is 0 Å². The molecule has 0 spiro atoms. The van der Waals surface area contributed by atoms with Gasteiger partial charge in [0.15, 0.2) is 13.6 Å². The molecule has 1 aromatic carbocycles. The number of rotatable bonds is 2.